The van der Waals surface area contributed by atoms with Gasteiger partial charge in [-0.15, -0.1) is 0 Å². The Hall–Kier alpha value is -3.78. The summed E-state index contributed by atoms with van der Waals surface area (Å²) in [6.45, 7) is 0.221. The van der Waals surface area contributed by atoms with Gasteiger partial charge in [-0.3, -0.25) is 0 Å². The zero-order chi connectivity index (χ0) is 24.3. The molecule has 1 aromatic heterocycles. The highest BCUT2D eigenvalue weighted by molar-refractivity contribution is 6.30. The number of aromatic nitrogens is 2. The molecule has 3 aromatic carbocycles. The molecule has 0 spiro atoms. The van der Waals surface area contributed by atoms with Crippen LogP contribution in [-0.4, -0.2) is 22.2 Å². The third-order valence-electron chi connectivity index (χ3n) is 5.04. The van der Waals surface area contributed by atoms with E-state index in [9.17, 15) is 18.3 Å². The van der Waals surface area contributed by atoms with Crippen LogP contribution in [0, 0.1) is 0 Å². The van der Waals surface area contributed by atoms with Gasteiger partial charge in [0.1, 0.15) is 30.2 Å². The number of methoxy groups -OCH3 is 1. The van der Waals surface area contributed by atoms with Gasteiger partial charge in [0.05, 0.1) is 12.8 Å². The first kappa shape index (κ1) is 23.4. The number of phenolic OH excluding ortho intramolecular Hbond substituents is 1. The van der Waals surface area contributed by atoms with Gasteiger partial charge < -0.3 is 14.6 Å². The lowest BCUT2D eigenvalue weighted by atomic mass is 9.96. The SMILES string of the molecule is COc1ccc(-c2c(-c3ccc(OCc4ccc(Cl)cc4)cc3O)ncnc2C(F)(F)F)cc1. The lowest BCUT2D eigenvalue weighted by Crippen LogP contribution is -2.12. The second kappa shape index (κ2) is 9.61. The highest BCUT2D eigenvalue weighted by Gasteiger charge is 2.37. The van der Waals surface area contributed by atoms with E-state index in [0.29, 0.717) is 16.5 Å². The zero-order valence-corrected chi connectivity index (χ0v) is 18.6. The first-order valence-corrected chi connectivity index (χ1v) is 10.4. The van der Waals surface area contributed by atoms with Crippen molar-refractivity contribution in [2.75, 3.05) is 7.11 Å². The molecule has 0 fully saturated rings. The summed E-state index contributed by atoms with van der Waals surface area (Å²) in [7, 11) is 1.46. The summed E-state index contributed by atoms with van der Waals surface area (Å²) in [6.07, 6.45) is -3.90. The van der Waals surface area contributed by atoms with Crippen LogP contribution in [-0.2, 0) is 12.8 Å². The van der Waals surface area contributed by atoms with Crippen molar-refractivity contribution in [1.29, 1.82) is 0 Å². The van der Waals surface area contributed by atoms with E-state index in [1.807, 2.05) is 0 Å². The Morgan fingerprint density at radius 2 is 1.59 bits per heavy atom. The van der Waals surface area contributed by atoms with E-state index in [1.54, 1.807) is 42.5 Å². The number of hydrogen-bond acceptors (Lipinski definition) is 5. The number of rotatable bonds is 6. The fraction of sp³-hybridized carbons (Fsp3) is 0.120. The average Bonchev–Trinajstić information content (AvgIpc) is 2.83. The lowest BCUT2D eigenvalue weighted by molar-refractivity contribution is -0.140. The second-order valence-corrected chi connectivity index (χ2v) is 7.70. The van der Waals surface area contributed by atoms with E-state index in [0.717, 1.165) is 11.9 Å². The molecule has 0 saturated carbocycles. The van der Waals surface area contributed by atoms with Crippen LogP contribution in [0.2, 0.25) is 5.02 Å². The Labute approximate surface area is 198 Å². The van der Waals surface area contributed by atoms with Crippen LogP contribution in [0.1, 0.15) is 11.3 Å². The van der Waals surface area contributed by atoms with Crippen molar-refractivity contribution >= 4 is 11.6 Å². The smallest absolute Gasteiger partial charge is 0.434 e. The number of benzene rings is 3. The summed E-state index contributed by atoms with van der Waals surface area (Å²) >= 11 is 5.88. The summed E-state index contributed by atoms with van der Waals surface area (Å²) in [5.41, 5.74) is -0.216. The van der Waals surface area contributed by atoms with Crippen LogP contribution in [0.3, 0.4) is 0 Å². The van der Waals surface area contributed by atoms with Gasteiger partial charge in [-0.1, -0.05) is 35.9 Å². The number of phenols is 1. The van der Waals surface area contributed by atoms with Crippen LogP contribution in [0.25, 0.3) is 22.4 Å². The molecular weight excluding hydrogens is 469 g/mol. The molecule has 0 radical (unpaired) electrons. The van der Waals surface area contributed by atoms with Crippen LogP contribution < -0.4 is 9.47 Å². The molecule has 4 aromatic rings. The molecule has 1 heterocycles. The number of alkyl halides is 3. The summed E-state index contributed by atoms with van der Waals surface area (Å²) < 4.78 is 52.3. The molecule has 0 aliphatic heterocycles. The molecule has 174 valence electrons. The summed E-state index contributed by atoms with van der Waals surface area (Å²) in [6, 6.07) is 17.5. The van der Waals surface area contributed by atoms with E-state index in [-0.39, 0.29) is 34.7 Å². The van der Waals surface area contributed by atoms with Gasteiger partial charge in [-0.25, -0.2) is 9.97 Å². The fourth-order valence-corrected chi connectivity index (χ4v) is 3.51. The van der Waals surface area contributed by atoms with E-state index in [4.69, 9.17) is 21.1 Å². The molecule has 0 atom stereocenters. The van der Waals surface area contributed by atoms with Crippen molar-refractivity contribution in [2.24, 2.45) is 0 Å². The van der Waals surface area contributed by atoms with Crippen molar-refractivity contribution in [3.63, 3.8) is 0 Å². The predicted molar refractivity (Wildman–Crippen MR) is 122 cm³/mol. The third kappa shape index (κ3) is 5.07. The van der Waals surface area contributed by atoms with Crippen LogP contribution in [0.4, 0.5) is 13.2 Å². The third-order valence-corrected chi connectivity index (χ3v) is 5.29. The average molecular weight is 487 g/mol. The minimum atomic E-state index is -4.73. The first-order chi connectivity index (χ1) is 16.3. The number of aromatic hydroxyl groups is 1. The van der Waals surface area contributed by atoms with Crippen molar-refractivity contribution in [1.82, 2.24) is 9.97 Å². The van der Waals surface area contributed by atoms with Gasteiger partial charge in [0.2, 0.25) is 0 Å². The standard InChI is InChI=1S/C25H18ClF3N2O3/c1-33-18-8-4-16(5-9-18)22-23(30-14-31-24(22)25(27,28)29)20-11-10-19(12-21(20)32)34-13-15-2-6-17(26)7-3-15/h2-12,14,32H,13H2,1H3. The van der Waals surface area contributed by atoms with Gasteiger partial charge in [-0.05, 0) is 47.5 Å². The Morgan fingerprint density at radius 1 is 0.912 bits per heavy atom. The highest BCUT2D eigenvalue weighted by Crippen LogP contribution is 2.43. The molecule has 0 amide bonds. The largest absolute Gasteiger partial charge is 0.507 e. The fourth-order valence-electron chi connectivity index (χ4n) is 3.38. The topological polar surface area (TPSA) is 64.5 Å². The molecule has 0 saturated heterocycles. The molecule has 9 heteroatoms. The van der Waals surface area contributed by atoms with Crippen molar-refractivity contribution in [3.05, 3.63) is 89.3 Å². The molecule has 0 aliphatic carbocycles. The molecular formula is C25H18ClF3N2O3. The summed E-state index contributed by atoms with van der Waals surface area (Å²) in [5, 5.41) is 11.3. The van der Waals surface area contributed by atoms with Crippen LogP contribution in [0.15, 0.2) is 73.1 Å². The molecule has 0 aliphatic rings. The number of halogens is 4. The predicted octanol–water partition coefficient (Wildman–Crippen LogP) is 6.78. The maximum absolute atomic E-state index is 13.8. The Morgan fingerprint density at radius 3 is 2.21 bits per heavy atom. The molecule has 0 unspecified atom stereocenters. The maximum Gasteiger partial charge on any atom is 0.434 e. The lowest BCUT2D eigenvalue weighted by Gasteiger charge is -2.17. The van der Waals surface area contributed by atoms with Crippen LogP contribution in [0.5, 0.6) is 17.2 Å². The Balaban J connectivity index is 1.72. The molecule has 34 heavy (non-hydrogen) atoms. The monoisotopic (exact) mass is 486 g/mol. The second-order valence-electron chi connectivity index (χ2n) is 7.27. The van der Waals surface area contributed by atoms with Crippen molar-refractivity contribution in [2.45, 2.75) is 12.8 Å². The first-order valence-electron chi connectivity index (χ1n) is 10.0. The summed E-state index contributed by atoms with van der Waals surface area (Å²) in [5.74, 6) is 0.545. The molecule has 1 N–H and O–H groups in total. The quantitative estimate of drug-likeness (QED) is 0.325. The Kier molecular flexibility index (Phi) is 6.61. The van der Waals surface area contributed by atoms with E-state index >= 15 is 0 Å². The number of nitrogens with zero attached hydrogens (tertiary/aromatic N) is 2. The van der Waals surface area contributed by atoms with Gasteiger partial charge in [0.25, 0.3) is 0 Å². The number of hydrogen-bond donors (Lipinski definition) is 1. The summed E-state index contributed by atoms with van der Waals surface area (Å²) in [4.78, 5) is 7.57. The molecule has 5 nitrogen and oxygen atoms in total. The number of ether oxygens (including phenoxy) is 2. The minimum absolute atomic E-state index is 0.0609. The normalized spacial score (nSPS) is 11.3. The van der Waals surface area contributed by atoms with Gasteiger partial charge in [0, 0.05) is 22.2 Å². The van der Waals surface area contributed by atoms with E-state index in [2.05, 4.69) is 9.97 Å². The van der Waals surface area contributed by atoms with Gasteiger partial charge in [0.15, 0.2) is 5.69 Å². The Bertz CT molecular complexity index is 1290. The van der Waals surface area contributed by atoms with Crippen molar-refractivity contribution < 1.29 is 27.8 Å². The molecule has 0 bridgehead atoms. The maximum atomic E-state index is 13.8. The van der Waals surface area contributed by atoms with Gasteiger partial charge >= 0.3 is 6.18 Å². The highest BCUT2D eigenvalue weighted by atomic mass is 35.5. The minimum Gasteiger partial charge on any atom is -0.507 e. The van der Waals surface area contributed by atoms with Gasteiger partial charge in [-0.2, -0.15) is 13.2 Å². The van der Waals surface area contributed by atoms with Crippen molar-refractivity contribution in [3.8, 4) is 39.6 Å². The molecule has 4 rings (SSSR count). The zero-order valence-electron chi connectivity index (χ0n) is 17.8. The van der Waals surface area contributed by atoms with E-state index < -0.39 is 11.9 Å². The van der Waals surface area contributed by atoms with E-state index in [1.165, 1.54) is 31.4 Å². The van der Waals surface area contributed by atoms with Crippen LogP contribution >= 0.6 is 11.6 Å².